The van der Waals surface area contributed by atoms with Crippen molar-refractivity contribution in [2.45, 2.75) is 19.4 Å². The number of nitrogens with zero attached hydrogens (tertiary/aromatic N) is 1. The van der Waals surface area contributed by atoms with Crippen LogP contribution in [0, 0.1) is 24.4 Å². The van der Waals surface area contributed by atoms with Crippen molar-refractivity contribution in [3.8, 4) is 0 Å². The molecule has 0 aliphatic heterocycles. The standard InChI is InChI=1S/C12H10F3NOS/c1-6-16-7(5-18-6)4-10(17)8-2-3-9(13)12(15)11(8)14/h2-3,5,10,17H,4H2,1H3. The average Bonchev–Trinajstić information content (AvgIpc) is 2.71. The molecule has 0 fully saturated rings. The summed E-state index contributed by atoms with van der Waals surface area (Å²) in [6, 6.07) is 1.83. The van der Waals surface area contributed by atoms with Crippen molar-refractivity contribution >= 4 is 11.3 Å². The Bertz CT molecular complexity index is 570. The lowest BCUT2D eigenvalue weighted by Gasteiger charge is -2.11. The Morgan fingerprint density at radius 3 is 2.61 bits per heavy atom. The third kappa shape index (κ3) is 2.54. The first kappa shape index (κ1) is 13.0. The van der Waals surface area contributed by atoms with E-state index in [1.165, 1.54) is 11.3 Å². The Morgan fingerprint density at radius 1 is 1.28 bits per heavy atom. The van der Waals surface area contributed by atoms with Gasteiger partial charge in [0.15, 0.2) is 17.5 Å². The molecule has 18 heavy (non-hydrogen) atoms. The summed E-state index contributed by atoms with van der Waals surface area (Å²) in [5.41, 5.74) is 0.327. The predicted molar refractivity (Wildman–Crippen MR) is 61.8 cm³/mol. The average molecular weight is 273 g/mol. The third-order valence-corrected chi connectivity index (χ3v) is 3.32. The van der Waals surface area contributed by atoms with Crippen LogP contribution in [-0.4, -0.2) is 10.1 Å². The largest absolute Gasteiger partial charge is 0.388 e. The summed E-state index contributed by atoms with van der Waals surface area (Å²) in [6.07, 6.45) is -1.19. The van der Waals surface area contributed by atoms with Gasteiger partial charge in [-0.15, -0.1) is 11.3 Å². The predicted octanol–water partition coefficient (Wildman–Crippen LogP) is 3.14. The van der Waals surface area contributed by atoms with Crippen LogP contribution in [0.2, 0.25) is 0 Å². The highest BCUT2D eigenvalue weighted by atomic mass is 32.1. The smallest absolute Gasteiger partial charge is 0.194 e. The molecule has 0 saturated heterocycles. The zero-order chi connectivity index (χ0) is 13.3. The SMILES string of the molecule is Cc1nc(CC(O)c2ccc(F)c(F)c2F)cs1. The number of hydrogen-bond acceptors (Lipinski definition) is 3. The number of aliphatic hydroxyl groups excluding tert-OH is 1. The van der Waals surface area contributed by atoms with E-state index in [2.05, 4.69) is 4.98 Å². The van der Waals surface area contributed by atoms with Crippen molar-refractivity contribution in [3.63, 3.8) is 0 Å². The Morgan fingerprint density at radius 2 is 2.00 bits per heavy atom. The number of hydrogen-bond donors (Lipinski definition) is 1. The Kier molecular flexibility index (Phi) is 3.68. The van der Waals surface area contributed by atoms with Gasteiger partial charge >= 0.3 is 0 Å². The molecule has 1 N–H and O–H groups in total. The molecule has 2 rings (SSSR count). The van der Waals surface area contributed by atoms with Crippen molar-refractivity contribution in [3.05, 3.63) is 51.2 Å². The maximum atomic E-state index is 13.4. The van der Waals surface area contributed by atoms with E-state index in [0.29, 0.717) is 5.69 Å². The van der Waals surface area contributed by atoms with Gasteiger partial charge in [0.2, 0.25) is 0 Å². The van der Waals surface area contributed by atoms with Gasteiger partial charge < -0.3 is 5.11 Å². The monoisotopic (exact) mass is 273 g/mol. The van der Waals surface area contributed by atoms with Gasteiger partial charge in [-0.3, -0.25) is 0 Å². The van der Waals surface area contributed by atoms with E-state index < -0.39 is 23.6 Å². The van der Waals surface area contributed by atoms with E-state index in [0.717, 1.165) is 17.1 Å². The molecule has 0 aliphatic carbocycles. The first-order chi connectivity index (χ1) is 8.49. The molecule has 96 valence electrons. The number of rotatable bonds is 3. The number of aliphatic hydroxyl groups is 1. The van der Waals surface area contributed by atoms with Gasteiger partial charge in [0.1, 0.15) is 0 Å². The van der Waals surface area contributed by atoms with Crippen LogP contribution in [0.15, 0.2) is 17.5 Å². The fraction of sp³-hybridized carbons (Fsp3) is 0.250. The van der Waals surface area contributed by atoms with Crippen LogP contribution >= 0.6 is 11.3 Å². The highest BCUT2D eigenvalue weighted by Gasteiger charge is 2.20. The Balaban J connectivity index is 2.24. The van der Waals surface area contributed by atoms with E-state index in [-0.39, 0.29) is 12.0 Å². The third-order valence-electron chi connectivity index (χ3n) is 2.49. The normalized spacial score (nSPS) is 12.7. The van der Waals surface area contributed by atoms with Crippen molar-refractivity contribution < 1.29 is 18.3 Å². The first-order valence-electron chi connectivity index (χ1n) is 5.21. The molecule has 2 nitrogen and oxygen atoms in total. The molecular weight excluding hydrogens is 263 g/mol. The summed E-state index contributed by atoms with van der Waals surface area (Å²) in [7, 11) is 0. The van der Waals surface area contributed by atoms with E-state index >= 15 is 0 Å². The second kappa shape index (κ2) is 5.07. The zero-order valence-corrected chi connectivity index (χ0v) is 10.3. The molecule has 0 radical (unpaired) electrons. The second-order valence-electron chi connectivity index (χ2n) is 3.84. The minimum atomic E-state index is -1.57. The van der Waals surface area contributed by atoms with Gasteiger partial charge in [0.05, 0.1) is 16.8 Å². The summed E-state index contributed by atoms with van der Waals surface area (Å²) in [6.45, 7) is 1.80. The number of halogens is 3. The van der Waals surface area contributed by atoms with Crippen molar-refractivity contribution in [2.75, 3.05) is 0 Å². The molecule has 1 heterocycles. The van der Waals surface area contributed by atoms with E-state index in [1.54, 1.807) is 12.3 Å². The number of aromatic nitrogens is 1. The first-order valence-corrected chi connectivity index (χ1v) is 6.09. The summed E-state index contributed by atoms with van der Waals surface area (Å²) in [5, 5.41) is 12.4. The Hall–Kier alpha value is -1.40. The highest BCUT2D eigenvalue weighted by Crippen LogP contribution is 2.24. The number of benzene rings is 1. The minimum absolute atomic E-state index is 0.0618. The van der Waals surface area contributed by atoms with Gasteiger partial charge in [0.25, 0.3) is 0 Å². The highest BCUT2D eigenvalue weighted by molar-refractivity contribution is 7.09. The van der Waals surface area contributed by atoms with Crippen molar-refractivity contribution in [1.82, 2.24) is 4.98 Å². The van der Waals surface area contributed by atoms with E-state index in [9.17, 15) is 18.3 Å². The number of aryl methyl sites for hydroxylation is 1. The second-order valence-corrected chi connectivity index (χ2v) is 4.90. The fourth-order valence-electron chi connectivity index (χ4n) is 1.61. The van der Waals surface area contributed by atoms with Gasteiger partial charge in [-0.25, -0.2) is 18.2 Å². The van der Waals surface area contributed by atoms with E-state index in [4.69, 9.17) is 0 Å². The number of thiazole rings is 1. The molecule has 2 aromatic rings. The van der Waals surface area contributed by atoms with Crippen LogP contribution < -0.4 is 0 Å². The molecule has 1 atom stereocenters. The van der Waals surface area contributed by atoms with E-state index in [1.807, 2.05) is 0 Å². The summed E-state index contributed by atoms with van der Waals surface area (Å²) in [4.78, 5) is 4.11. The summed E-state index contributed by atoms with van der Waals surface area (Å²) >= 11 is 1.40. The van der Waals surface area contributed by atoms with Crippen LogP contribution in [0.4, 0.5) is 13.2 Å². The van der Waals surface area contributed by atoms with Gasteiger partial charge in [-0.1, -0.05) is 6.07 Å². The molecule has 0 amide bonds. The van der Waals surface area contributed by atoms with Gasteiger partial charge in [0, 0.05) is 17.4 Å². The van der Waals surface area contributed by atoms with Crippen LogP contribution in [-0.2, 0) is 6.42 Å². The summed E-state index contributed by atoms with van der Waals surface area (Å²) in [5.74, 6) is -4.19. The molecular formula is C12H10F3NOS. The van der Waals surface area contributed by atoms with Gasteiger partial charge in [-0.05, 0) is 13.0 Å². The van der Waals surface area contributed by atoms with Crippen LogP contribution in [0.1, 0.15) is 22.4 Å². The lowest BCUT2D eigenvalue weighted by Crippen LogP contribution is -2.07. The molecule has 0 saturated carbocycles. The maximum absolute atomic E-state index is 13.4. The van der Waals surface area contributed by atoms with Crippen molar-refractivity contribution in [1.29, 1.82) is 0 Å². The molecule has 0 bridgehead atoms. The molecule has 0 aliphatic rings. The maximum Gasteiger partial charge on any atom is 0.194 e. The van der Waals surface area contributed by atoms with Gasteiger partial charge in [-0.2, -0.15) is 0 Å². The molecule has 6 heteroatoms. The van der Waals surface area contributed by atoms with Crippen LogP contribution in [0.3, 0.4) is 0 Å². The topological polar surface area (TPSA) is 33.1 Å². The zero-order valence-electron chi connectivity index (χ0n) is 9.45. The fourth-order valence-corrected chi connectivity index (χ4v) is 2.23. The minimum Gasteiger partial charge on any atom is -0.388 e. The Labute approximate surface area is 106 Å². The summed E-state index contributed by atoms with van der Waals surface area (Å²) < 4.78 is 39.2. The van der Waals surface area contributed by atoms with Crippen molar-refractivity contribution in [2.24, 2.45) is 0 Å². The van der Waals surface area contributed by atoms with Crippen LogP contribution in [0.25, 0.3) is 0 Å². The molecule has 0 spiro atoms. The lowest BCUT2D eigenvalue weighted by atomic mass is 10.0. The quantitative estimate of drug-likeness (QED) is 0.871. The van der Waals surface area contributed by atoms with Crippen LogP contribution in [0.5, 0.6) is 0 Å². The lowest BCUT2D eigenvalue weighted by molar-refractivity contribution is 0.171. The molecule has 1 aromatic heterocycles. The molecule has 1 aromatic carbocycles. The molecule has 1 unspecified atom stereocenters.